The van der Waals surface area contributed by atoms with Crippen LogP contribution in [0, 0.1) is 11.8 Å². The van der Waals surface area contributed by atoms with Crippen LogP contribution in [0.5, 0.6) is 0 Å². The number of aromatic carboxylic acids is 1. The number of carboxylic acids is 1. The standard InChI is InChI=1S/C12H12N2O2/c15-12(16)11-5-10(13-6-14-11)9-4-7-1-2-8(9)3-7/h1-2,5-9H,3-4H2,(H,15,16). The Morgan fingerprint density at radius 1 is 1.31 bits per heavy atom. The Morgan fingerprint density at radius 2 is 2.19 bits per heavy atom. The summed E-state index contributed by atoms with van der Waals surface area (Å²) in [6, 6.07) is 1.61. The van der Waals surface area contributed by atoms with Crippen LogP contribution in [-0.2, 0) is 0 Å². The van der Waals surface area contributed by atoms with Gasteiger partial charge in [-0.2, -0.15) is 0 Å². The monoisotopic (exact) mass is 216 g/mol. The largest absolute Gasteiger partial charge is 0.477 e. The van der Waals surface area contributed by atoms with Gasteiger partial charge in [0.25, 0.3) is 0 Å². The maximum Gasteiger partial charge on any atom is 0.354 e. The molecule has 1 heterocycles. The summed E-state index contributed by atoms with van der Waals surface area (Å²) in [7, 11) is 0. The SMILES string of the molecule is O=C(O)c1cc(C2CC3C=CC2C3)ncn1. The molecule has 0 spiro atoms. The molecule has 3 unspecified atom stereocenters. The fourth-order valence-electron chi connectivity index (χ4n) is 2.81. The maximum absolute atomic E-state index is 10.8. The Morgan fingerprint density at radius 3 is 2.81 bits per heavy atom. The smallest absolute Gasteiger partial charge is 0.354 e. The van der Waals surface area contributed by atoms with E-state index >= 15 is 0 Å². The highest BCUT2D eigenvalue weighted by molar-refractivity contribution is 5.85. The molecule has 1 aromatic heterocycles. The lowest BCUT2D eigenvalue weighted by atomic mass is 9.90. The first-order chi connectivity index (χ1) is 7.74. The second-order valence-corrected chi connectivity index (χ2v) is 4.52. The van der Waals surface area contributed by atoms with Crippen LogP contribution in [0.15, 0.2) is 24.5 Å². The van der Waals surface area contributed by atoms with E-state index in [-0.39, 0.29) is 5.69 Å². The molecular weight excluding hydrogens is 204 g/mol. The van der Waals surface area contributed by atoms with E-state index in [1.54, 1.807) is 6.07 Å². The molecule has 1 N–H and O–H groups in total. The molecule has 2 bridgehead atoms. The van der Waals surface area contributed by atoms with Crippen molar-refractivity contribution in [1.29, 1.82) is 0 Å². The van der Waals surface area contributed by atoms with Gasteiger partial charge in [0.1, 0.15) is 6.33 Å². The number of aromatic nitrogens is 2. The summed E-state index contributed by atoms with van der Waals surface area (Å²) in [6.45, 7) is 0. The van der Waals surface area contributed by atoms with Crippen molar-refractivity contribution in [2.45, 2.75) is 18.8 Å². The molecule has 16 heavy (non-hydrogen) atoms. The fourth-order valence-corrected chi connectivity index (χ4v) is 2.81. The Balaban J connectivity index is 1.92. The van der Waals surface area contributed by atoms with Crippen LogP contribution in [0.1, 0.15) is 34.9 Å². The summed E-state index contributed by atoms with van der Waals surface area (Å²) < 4.78 is 0. The molecular formula is C12H12N2O2. The first-order valence-electron chi connectivity index (χ1n) is 5.47. The van der Waals surface area contributed by atoms with Crippen molar-refractivity contribution in [3.8, 4) is 0 Å². The summed E-state index contributed by atoms with van der Waals surface area (Å²) in [4.78, 5) is 18.8. The highest BCUT2D eigenvalue weighted by Gasteiger charge is 2.37. The van der Waals surface area contributed by atoms with Crippen LogP contribution < -0.4 is 0 Å². The number of carboxylic acid groups (broad SMARTS) is 1. The van der Waals surface area contributed by atoms with Gasteiger partial charge in [0.05, 0.1) is 0 Å². The fraction of sp³-hybridized carbons (Fsp3) is 0.417. The molecule has 0 aromatic carbocycles. The van der Waals surface area contributed by atoms with Crippen molar-refractivity contribution < 1.29 is 9.90 Å². The third kappa shape index (κ3) is 1.41. The van der Waals surface area contributed by atoms with Crippen molar-refractivity contribution in [3.63, 3.8) is 0 Å². The zero-order chi connectivity index (χ0) is 11.1. The van der Waals surface area contributed by atoms with Crippen LogP contribution in [0.4, 0.5) is 0 Å². The van der Waals surface area contributed by atoms with Crippen LogP contribution in [0.2, 0.25) is 0 Å². The van der Waals surface area contributed by atoms with Gasteiger partial charge < -0.3 is 5.11 Å². The Kier molecular flexibility index (Phi) is 2.02. The van der Waals surface area contributed by atoms with Crippen molar-refractivity contribution >= 4 is 5.97 Å². The molecule has 0 saturated heterocycles. The minimum Gasteiger partial charge on any atom is -0.477 e. The summed E-state index contributed by atoms with van der Waals surface area (Å²) in [5.41, 5.74) is 0.973. The van der Waals surface area contributed by atoms with Crippen molar-refractivity contribution in [2.75, 3.05) is 0 Å². The van der Waals surface area contributed by atoms with E-state index in [1.807, 2.05) is 0 Å². The lowest BCUT2D eigenvalue weighted by Crippen LogP contribution is -2.10. The van der Waals surface area contributed by atoms with Crippen LogP contribution in [0.25, 0.3) is 0 Å². The van der Waals surface area contributed by atoms with Gasteiger partial charge in [0, 0.05) is 11.6 Å². The van der Waals surface area contributed by atoms with Gasteiger partial charge in [0.15, 0.2) is 5.69 Å². The Bertz CT molecular complexity index is 470. The number of nitrogens with zero attached hydrogens (tertiary/aromatic N) is 2. The molecule has 0 amide bonds. The molecule has 0 aliphatic heterocycles. The number of hydrogen-bond donors (Lipinski definition) is 1. The van der Waals surface area contributed by atoms with E-state index < -0.39 is 5.97 Å². The van der Waals surface area contributed by atoms with Gasteiger partial charge >= 0.3 is 5.97 Å². The predicted octanol–water partition coefficient (Wildman–Crippen LogP) is 1.85. The highest BCUT2D eigenvalue weighted by Crippen LogP contribution is 2.48. The first kappa shape index (κ1) is 9.51. The second kappa shape index (κ2) is 3.40. The minimum absolute atomic E-state index is 0.0942. The van der Waals surface area contributed by atoms with Crippen LogP contribution in [0.3, 0.4) is 0 Å². The van der Waals surface area contributed by atoms with Crippen LogP contribution in [-0.4, -0.2) is 21.0 Å². The molecule has 3 rings (SSSR count). The average Bonchev–Trinajstić information content (AvgIpc) is 2.91. The maximum atomic E-state index is 10.8. The molecule has 2 aliphatic rings. The van der Waals surface area contributed by atoms with Gasteiger partial charge in [-0.1, -0.05) is 12.2 Å². The zero-order valence-electron chi connectivity index (χ0n) is 8.71. The van der Waals surface area contributed by atoms with Crippen molar-refractivity contribution in [3.05, 3.63) is 35.9 Å². The summed E-state index contributed by atoms with van der Waals surface area (Å²) >= 11 is 0. The third-order valence-corrected chi connectivity index (χ3v) is 3.57. The van der Waals surface area contributed by atoms with E-state index in [9.17, 15) is 4.79 Å². The topological polar surface area (TPSA) is 63.1 Å². The molecule has 1 aromatic rings. The van der Waals surface area contributed by atoms with Gasteiger partial charge in [-0.25, -0.2) is 14.8 Å². The predicted molar refractivity (Wildman–Crippen MR) is 57.1 cm³/mol. The third-order valence-electron chi connectivity index (χ3n) is 3.57. The quantitative estimate of drug-likeness (QED) is 0.766. The van der Waals surface area contributed by atoms with E-state index in [1.165, 1.54) is 12.7 Å². The van der Waals surface area contributed by atoms with Crippen molar-refractivity contribution in [1.82, 2.24) is 9.97 Å². The lowest BCUT2D eigenvalue weighted by molar-refractivity contribution is 0.0690. The number of rotatable bonds is 2. The zero-order valence-corrected chi connectivity index (χ0v) is 8.71. The van der Waals surface area contributed by atoms with Gasteiger partial charge in [-0.05, 0) is 30.7 Å². The summed E-state index contributed by atoms with van der Waals surface area (Å²) in [5, 5.41) is 8.88. The first-order valence-corrected chi connectivity index (χ1v) is 5.47. The average molecular weight is 216 g/mol. The number of hydrogen-bond acceptors (Lipinski definition) is 3. The van der Waals surface area contributed by atoms with Gasteiger partial charge in [0.2, 0.25) is 0 Å². The van der Waals surface area contributed by atoms with E-state index in [0.29, 0.717) is 17.8 Å². The molecule has 3 atom stereocenters. The summed E-state index contributed by atoms with van der Waals surface area (Å²) in [6.07, 6.45) is 8.14. The molecule has 4 heteroatoms. The van der Waals surface area contributed by atoms with Gasteiger partial charge in [-0.3, -0.25) is 0 Å². The highest BCUT2D eigenvalue weighted by atomic mass is 16.4. The normalized spacial score (nSPS) is 30.9. The molecule has 1 saturated carbocycles. The van der Waals surface area contributed by atoms with Crippen LogP contribution >= 0.6 is 0 Å². The number of carbonyl (C=O) groups is 1. The number of fused-ring (bicyclic) bond motifs is 2. The Labute approximate surface area is 93.0 Å². The van der Waals surface area contributed by atoms with E-state index in [0.717, 1.165) is 12.1 Å². The van der Waals surface area contributed by atoms with E-state index in [2.05, 4.69) is 22.1 Å². The van der Waals surface area contributed by atoms with Gasteiger partial charge in [-0.15, -0.1) is 0 Å². The lowest BCUT2D eigenvalue weighted by Gasteiger charge is -2.17. The summed E-state index contributed by atoms with van der Waals surface area (Å²) in [5.74, 6) is 0.609. The van der Waals surface area contributed by atoms with E-state index in [4.69, 9.17) is 5.11 Å². The second-order valence-electron chi connectivity index (χ2n) is 4.52. The molecule has 2 aliphatic carbocycles. The molecule has 0 radical (unpaired) electrons. The minimum atomic E-state index is -0.984. The molecule has 4 nitrogen and oxygen atoms in total. The Hall–Kier alpha value is -1.71. The number of allylic oxidation sites excluding steroid dienone is 2. The van der Waals surface area contributed by atoms with Crippen molar-refractivity contribution in [2.24, 2.45) is 11.8 Å². The molecule has 82 valence electrons. The molecule has 1 fully saturated rings.